The zero-order valence-electron chi connectivity index (χ0n) is 13.3. The Kier molecular flexibility index (Phi) is 4.91. The monoisotopic (exact) mass is 340 g/mol. The second-order valence-electron chi connectivity index (χ2n) is 6.10. The highest BCUT2D eigenvalue weighted by Gasteiger charge is 2.24. The molecule has 1 amide bonds. The van der Waals surface area contributed by atoms with Crippen LogP contribution in [0.4, 0.5) is 0 Å². The number of hydrogen-bond donors (Lipinski definition) is 1. The third kappa shape index (κ3) is 4.07. The molecule has 1 atom stereocenters. The van der Waals surface area contributed by atoms with E-state index >= 15 is 0 Å². The third-order valence-electron chi connectivity index (χ3n) is 2.95. The van der Waals surface area contributed by atoms with Crippen LogP contribution in [0.5, 0.6) is 0 Å². The lowest BCUT2D eigenvalue weighted by Gasteiger charge is -2.11. The van der Waals surface area contributed by atoms with E-state index in [1.807, 2.05) is 34.6 Å². The number of aryl methyl sites for hydroxylation is 1. The maximum Gasteiger partial charge on any atom is 0.239 e. The van der Waals surface area contributed by atoms with E-state index in [0.717, 1.165) is 14.9 Å². The molecule has 0 unspecified atom stereocenters. The average molecular weight is 340 g/mol. The summed E-state index contributed by atoms with van der Waals surface area (Å²) in [5.41, 5.74) is 5.94. The number of rotatable bonds is 5. The van der Waals surface area contributed by atoms with Gasteiger partial charge in [0.2, 0.25) is 11.8 Å². The number of aromatic nitrogens is 3. The molecule has 2 N–H and O–H groups in total. The first-order chi connectivity index (χ1) is 10.2. The van der Waals surface area contributed by atoms with Crippen LogP contribution in [0, 0.1) is 6.92 Å². The first-order valence-corrected chi connectivity index (χ1v) is 8.61. The lowest BCUT2D eigenvalue weighted by atomic mass is 9.96. The van der Waals surface area contributed by atoms with Crippen molar-refractivity contribution < 1.29 is 9.32 Å². The predicted molar refractivity (Wildman–Crippen MR) is 87.0 cm³/mol. The average Bonchev–Trinajstić information content (AvgIpc) is 2.96. The Morgan fingerprint density at radius 3 is 2.64 bits per heavy atom. The highest BCUT2D eigenvalue weighted by Crippen LogP contribution is 2.38. The number of carbonyl (C=O) groups excluding carboxylic acids is 1. The van der Waals surface area contributed by atoms with E-state index in [2.05, 4.69) is 15.1 Å². The van der Waals surface area contributed by atoms with Gasteiger partial charge >= 0.3 is 0 Å². The zero-order valence-corrected chi connectivity index (χ0v) is 15.0. The highest BCUT2D eigenvalue weighted by atomic mass is 32.2. The molecule has 0 aliphatic rings. The molecule has 2 aromatic rings. The second kappa shape index (κ2) is 6.37. The van der Waals surface area contributed by atoms with Gasteiger partial charge in [0.15, 0.2) is 10.2 Å². The molecule has 6 nitrogen and oxygen atoms in total. The number of thioether (sulfide) groups is 1. The SMILES string of the molecule is Cc1nc(S[C@H](C)c2nc(C(C)(C)C)no2)sc1CC(N)=O. The molecule has 2 rings (SSSR count). The summed E-state index contributed by atoms with van der Waals surface area (Å²) >= 11 is 3.03. The van der Waals surface area contributed by atoms with Crippen LogP contribution < -0.4 is 5.73 Å². The predicted octanol–water partition coefficient (Wildman–Crippen LogP) is 3.01. The molecular weight excluding hydrogens is 320 g/mol. The molecule has 0 aromatic carbocycles. The van der Waals surface area contributed by atoms with Crippen molar-refractivity contribution in [2.45, 2.75) is 56.0 Å². The van der Waals surface area contributed by atoms with E-state index < -0.39 is 0 Å². The van der Waals surface area contributed by atoms with Crippen molar-refractivity contribution >= 4 is 29.0 Å². The Morgan fingerprint density at radius 2 is 2.09 bits per heavy atom. The summed E-state index contributed by atoms with van der Waals surface area (Å²) in [4.78, 5) is 20.9. The number of primary amides is 1. The molecule has 0 radical (unpaired) electrons. The fourth-order valence-electron chi connectivity index (χ4n) is 1.68. The Bertz CT molecular complexity index is 673. The van der Waals surface area contributed by atoms with Gasteiger partial charge in [0, 0.05) is 10.3 Å². The summed E-state index contributed by atoms with van der Waals surface area (Å²) in [5.74, 6) is 0.932. The molecule has 8 heteroatoms. The van der Waals surface area contributed by atoms with Crippen LogP contribution in [0.1, 0.15) is 55.2 Å². The van der Waals surface area contributed by atoms with Gasteiger partial charge in [-0.05, 0) is 13.8 Å². The van der Waals surface area contributed by atoms with Gasteiger partial charge in [-0.25, -0.2) is 4.98 Å². The summed E-state index contributed by atoms with van der Waals surface area (Å²) in [6.07, 6.45) is 0.229. The molecular formula is C14H20N4O2S2. The van der Waals surface area contributed by atoms with Crippen LogP contribution in [0.2, 0.25) is 0 Å². The maximum absolute atomic E-state index is 11.0. The Balaban J connectivity index is 2.10. The van der Waals surface area contributed by atoms with E-state index in [4.69, 9.17) is 10.3 Å². The minimum Gasteiger partial charge on any atom is -0.369 e. The van der Waals surface area contributed by atoms with Crippen molar-refractivity contribution in [1.82, 2.24) is 15.1 Å². The first kappa shape index (κ1) is 17.0. The summed E-state index contributed by atoms with van der Waals surface area (Å²) in [5, 5.41) is 4.03. The number of hydrogen-bond acceptors (Lipinski definition) is 7. The summed E-state index contributed by atoms with van der Waals surface area (Å²) in [7, 11) is 0. The van der Waals surface area contributed by atoms with E-state index in [-0.39, 0.29) is 23.0 Å². The molecule has 0 bridgehead atoms. The minimum atomic E-state index is -0.344. The van der Waals surface area contributed by atoms with E-state index in [1.165, 1.54) is 11.3 Å². The number of carbonyl (C=O) groups is 1. The van der Waals surface area contributed by atoms with Gasteiger partial charge in [-0.15, -0.1) is 11.3 Å². The van der Waals surface area contributed by atoms with Crippen LogP contribution in [-0.4, -0.2) is 21.0 Å². The molecule has 0 spiro atoms. The topological polar surface area (TPSA) is 94.9 Å². The fourth-order valence-corrected chi connectivity index (χ4v) is 4.10. The van der Waals surface area contributed by atoms with Crippen LogP contribution in [-0.2, 0) is 16.6 Å². The molecule has 0 fully saturated rings. The highest BCUT2D eigenvalue weighted by molar-refractivity contribution is 8.01. The lowest BCUT2D eigenvalue weighted by Crippen LogP contribution is -2.13. The number of amides is 1. The molecule has 0 saturated heterocycles. The number of nitrogens with two attached hydrogens (primary N) is 1. The van der Waals surface area contributed by atoms with Gasteiger partial charge in [0.25, 0.3) is 0 Å². The zero-order chi connectivity index (χ0) is 16.5. The lowest BCUT2D eigenvalue weighted by molar-refractivity contribution is -0.117. The molecule has 0 saturated carbocycles. The van der Waals surface area contributed by atoms with Crippen molar-refractivity contribution in [3.63, 3.8) is 0 Å². The van der Waals surface area contributed by atoms with Crippen LogP contribution >= 0.6 is 23.1 Å². The number of thiazole rings is 1. The van der Waals surface area contributed by atoms with Crippen molar-refractivity contribution in [3.8, 4) is 0 Å². The normalized spacial score (nSPS) is 13.3. The largest absolute Gasteiger partial charge is 0.369 e. The molecule has 2 heterocycles. The Hall–Kier alpha value is -1.41. The van der Waals surface area contributed by atoms with Crippen molar-refractivity contribution in [1.29, 1.82) is 0 Å². The minimum absolute atomic E-state index is 0.00409. The van der Waals surface area contributed by atoms with E-state index in [1.54, 1.807) is 11.8 Å². The second-order valence-corrected chi connectivity index (χ2v) is 8.77. The van der Waals surface area contributed by atoms with Gasteiger partial charge in [-0.1, -0.05) is 37.7 Å². The summed E-state index contributed by atoms with van der Waals surface area (Å²) < 4.78 is 6.22. The standard InChI is InChI=1S/C14H20N4O2S2/c1-7-9(6-10(15)19)22-13(16-7)21-8(2)11-17-12(18-20-11)14(3,4)5/h8H,6H2,1-5H3,(H2,15,19)/t8-/m1/s1. The Morgan fingerprint density at radius 1 is 1.41 bits per heavy atom. The first-order valence-electron chi connectivity index (χ1n) is 6.92. The smallest absolute Gasteiger partial charge is 0.239 e. The molecule has 2 aromatic heterocycles. The van der Waals surface area contributed by atoms with Crippen LogP contribution in [0.3, 0.4) is 0 Å². The van der Waals surface area contributed by atoms with Gasteiger partial charge in [-0.2, -0.15) is 4.98 Å². The van der Waals surface area contributed by atoms with Gasteiger partial charge in [0.05, 0.1) is 17.4 Å². The molecule has 0 aliphatic carbocycles. The van der Waals surface area contributed by atoms with Crippen molar-refractivity contribution in [2.24, 2.45) is 5.73 Å². The number of nitrogens with zero attached hydrogens (tertiary/aromatic N) is 3. The maximum atomic E-state index is 11.0. The van der Waals surface area contributed by atoms with Crippen LogP contribution in [0.15, 0.2) is 8.86 Å². The third-order valence-corrected chi connectivity index (χ3v) is 5.28. The molecule has 0 aliphatic heterocycles. The van der Waals surface area contributed by atoms with Crippen molar-refractivity contribution in [3.05, 3.63) is 22.3 Å². The van der Waals surface area contributed by atoms with E-state index in [9.17, 15) is 4.79 Å². The Labute approximate surface area is 137 Å². The van der Waals surface area contributed by atoms with Crippen molar-refractivity contribution in [2.75, 3.05) is 0 Å². The van der Waals surface area contributed by atoms with Gasteiger partial charge < -0.3 is 10.3 Å². The molecule has 120 valence electrons. The quantitative estimate of drug-likeness (QED) is 0.841. The summed E-state index contributed by atoms with van der Waals surface area (Å²) in [6, 6.07) is 0. The van der Waals surface area contributed by atoms with E-state index in [0.29, 0.717) is 11.7 Å². The summed E-state index contributed by atoms with van der Waals surface area (Å²) in [6.45, 7) is 10.0. The van der Waals surface area contributed by atoms with Gasteiger partial charge in [0.1, 0.15) is 0 Å². The fraction of sp³-hybridized carbons (Fsp3) is 0.571. The van der Waals surface area contributed by atoms with Gasteiger partial charge in [-0.3, -0.25) is 4.79 Å². The van der Waals surface area contributed by atoms with Crippen LogP contribution in [0.25, 0.3) is 0 Å². The molecule has 22 heavy (non-hydrogen) atoms.